The average molecular weight is 531 g/mol. The predicted molar refractivity (Wildman–Crippen MR) is 145 cm³/mol. The quantitative estimate of drug-likeness (QED) is 0.394. The summed E-state index contributed by atoms with van der Waals surface area (Å²) in [4.78, 5) is 40.7. The lowest BCUT2D eigenvalue weighted by Crippen LogP contribution is -2.56. The molecule has 8 rings (SSSR count). The molecule has 1 N–H and O–H groups in total. The van der Waals surface area contributed by atoms with Gasteiger partial charge in [0.25, 0.3) is 0 Å². The number of hydrogen-bond acceptors (Lipinski definition) is 8. The summed E-state index contributed by atoms with van der Waals surface area (Å²) >= 11 is 0. The van der Waals surface area contributed by atoms with Crippen molar-refractivity contribution in [3.8, 4) is 0 Å². The van der Waals surface area contributed by atoms with E-state index in [-0.39, 0.29) is 29.5 Å². The van der Waals surface area contributed by atoms with Crippen LogP contribution in [-0.4, -0.2) is 45.3 Å². The number of aromatic nitrogens is 7. The zero-order valence-electron chi connectivity index (χ0n) is 23.0. The van der Waals surface area contributed by atoms with Gasteiger partial charge < -0.3 is 10.1 Å². The van der Waals surface area contributed by atoms with Gasteiger partial charge in [0.15, 0.2) is 11.3 Å². The lowest BCUT2D eigenvalue weighted by atomic mass is 9.48. The number of imidazole rings is 1. The van der Waals surface area contributed by atoms with E-state index in [0.717, 1.165) is 49.0 Å². The van der Waals surface area contributed by atoms with Crippen molar-refractivity contribution in [2.75, 3.05) is 5.32 Å². The van der Waals surface area contributed by atoms with Crippen LogP contribution in [0.15, 0.2) is 29.6 Å². The van der Waals surface area contributed by atoms with E-state index in [1.165, 1.54) is 6.33 Å². The number of anilines is 2. The van der Waals surface area contributed by atoms with Gasteiger partial charge in [-0.15, -0.1) is 0 Å². The molecule has 4 aliphatic rings. The summed E-state index contributed by atoms with van der Waals surface area (Å²) in [7, 11) is 1.78. The molecule has 4 aromatic rings. The molecule has 0 radical (unpaired) electrons. The molecule has 0 aromatic carbocycles. The van der Waals surface area contributed by atoms with Gasteiger partial charge in [-0.3, -0.25) is 13.9 Å². The number of nitrogens with zero attached hydrogens (tertiary/aromatic N) is 7. The molecule has 4 fully saturated rings. The fourth-order valence-corrected chi connectivity index (χ4v) is 7.73. The zero-order chi connectivity index (χ0) is 27.3. The smallest absolute Gasteiger partial charge is 0.330 e. The second-order valence-corrected chi connectivity index (χ2v) is 12.9. The summed E-state index contributed by atoms with van der Waals surface area (Å²) in [6.07, 6.45) is 9.57. The van der Waals surface area contributed by atoms with Crippen LogP contribution < -0.4 is 11.0 Å². The molecule has 4 bridgehead atoms. The van der Waals surface area contributed by atoms with Crippen LogP contribution in [0.5, 0.6) is 0 Å². The molecule has 0 saturated heterocycles. The first kappa shape index (κ1) is 24.3. The van der Waals surface area contributed by atoms with E-state index in [9.17, 15) is 9.59 Å². The maximum Gasteiger partial charge on any atom is 0.330 e. The topological polar surface area (TPSA) is 121 Å². The van der Waals surface area contributed by atoms with Gasteiger partial charge in [0.2, 0.25) is 5.95 Å². The highest BCUT2D eigenvalue weighted by Crippen LogP contribution is 2.64. The molecule has 4 aliphatic carbocycles. The summed E-state index contributed by atoms with van der Waals surface area (Å²) in [6.45, 7) is 7.78. The second kappa shape index (κ2) is 8.12. The molecule has 11 heteroatoms. The van der Waals surface area contributed by atoms with E-state index < -0.39 is 11.0 Å². The van der Waals surface area contributed by atoms with Crippen molar-refractivity contribution in [2.24, 2.45) is 30.2 Å². The first-order chi connectivity index (χ1) is 18.5. The number of ether oxygens (including phenoxy) is 1. The van der Waals surface area contributed by atoms with Crippen molar-refractivity contribution in [1.29, 1.82) is 0 Å². The molecule has 2 atom stereocenters. The minimum atomic E-state index is -0.510. The predicted octanol–water partition coefficient (Wildman–Crippen LogP) is 3.93. The number of carbonyl (C=O) groups is 1. The van der Waals surface area contributed by atoms with E-state index in [1.54, 1.807) is 22.3 Å². The van der Waals surface area contributed by atoms with Crippen molar-refractivity contribution in [3.05, 3.63) is 40.8 Å². The SMILES string of the molecule is Cc1cc2ncnn2cc1Nc1ncc2c(n1)n(C1C3CC4CC1CC(C(=O)OC(C)(C)C)(C4)C3)c(=O)n2C. The van der Waals surface area contributed by atoms with Gasteiger partial charge in [-0.1, -0.05) is 0 Å². The number of nitrogens with one attached hydrogen (secondary N) is 1. The highest BCUT2D eigenvalue weighted by Gasteiger charge is 2.60. The molecule has 0 amide bonds. The number of fused-ring (bicyclic) bond motifs is 2. The van der Waals surface area contributed by atoms with Crippen LogP contribution in [0.1, 0.15) is 64.5 Å². The molecule has 204 valence electrons. The van der Waals surface area contributed by atoms with E-state index in [0.29, 0.717) is 23.0 Å². The third kappa shape index (κ3) is 3.76. The van der Waals surface area contributed by atoms with Crippen molar-refractivity contribution in [2.45, 2.75) is 71.4 Å². The van der Waals surface area contributed by atoms with Crippen LogP contribution in [0.25, 0.3) is 16.8 Å². The summed E-state index contributed by atoms with van der Waals surface area (Å²) in [6, 6.07) is 1.95. The number of hydrogen-bond donors (Lipinski definition) is 1. The number of pyridine rings is 1. The second-order valence-electron chi connectivity index (χ2n) is 12.9. The van der Waals surface area contributed by atoms with Crippen molar-refractivity contribution in [3.63, 3.8) is 0 Å². The van der Waals surface area contributed by atoms with Crippen molar-refractivity contribution < 1.29 is 9.53 Å². The molecule has 2 unspecified atom stereocenters. The zero-order valence-corrected chi connectivity index (χ0v) is 23.0. The van der Waals surface area contributed by atoms with E-state index >= 15 is 0 Å². The first-order valence-corrected chi connectivity index (χ1v) is 13.8. The number of esters is 1. The maximum atomic E-state index is 13.7. The van der Waals surface area contributed by atoms with Crippen LogP contribution in [-0.2, 0) is 16.6 Å². The van der Waals surface area contributed by atoms with E-state index in [1.807, 2.05) is 44.5 Å². The molecule has 4 saturated carbocycles. The van der Waals surface area contributed by atoms with Gasteiger partial charge in [-0.05, 0) is 89.2 Å². The summed E-state index contributed by atoms with van der Waals surface area (Å²) in [5.41, 5.74) is 2.85. The highest BCUT2D eigenvalue weighted by atomic mass is 16.6. The lowest BCUT2D eigenvalue weighted by Gasteiger charge is -2.58. The Balaban J connectivity index is 1.26. The van der Waals surface area contributed by atoms with Gasteiger partial charge >= 0.3 is 11.7 Å². The number of aryl methyl sites for hydroxylation is 2. The average Bonchev–Trinajstić information content (AvgIpc) is 3.40. The Hall–Kier alpha value is -3.76. The largest absolute Gasteiger partial charge is 0.460 e. The molecular weight excluding hydrogens is 496 g/mol. The van der Waals surface area contributed by atoms with Crippen LogP contribution in [0, 0.1) is 30.1 Å². The van der Waals surface area contributed by atoms with Crippen LogP contribution in [0.3, 0.4) is 0 Å². The van der Waals surface area contributed by atoms with Crippen molar-refractivity contribution in [1.82, 2.24) is 33.7 Å². The van der Waals surface area contributed by atoms with Gasteiger partial charge in [-0.25, -0.2) is 19.3 Å². The van der Waals surface area contributed by atoms with Crippen LogP contribution >= 0.6 is 0 Å². The van der Waals surface area contributed by atoms with E-state index in [4.69, 9.17) is 9.72 Å². The first-order valence-electron chi connectivity index (χ1n) is 13.8. The Labute approximate surface area is 225 Å². The highest BCUT2D eigenvalue weighted by molar-refractivity contribution is 5.78. The lowest BCUT2D eigenvalue weighted by molar-refractivity contribution is -0.186. The Kier molecular flexibility index (Phi) is 5.06. The van der Waals surface area contributed by atoms with E-state index in [2.05, 4.69) is 20.4 Å². The van der Waals surface area contributed by atoms with Crippen LogP contribution in [0.2, 0.25) is 0 Å². The van der Waals surface area contributed by atoms with Gasteiger partial charge in [-0.2, -0.15) is 10.1 Å². The third-order valence-electron chi connectivity index (χ3n) is 9.06. The summed E-state index contributed by atoms with van der Waals surface area (Å²) < 4.78 is 11.1. The van der Waals surface area contributed by atoms with Gasteiger partial charge in [0.1, 0.15) is 17.4 Å². The molecule has 39 heavy (non-hydrogen) atoms. The van der Waals surface area contributed by atoms with Gasteiger partial charge in [0.05, 0.1) is 23.5 Å². The Morgan fingerprint density at radius 1 is 1.15 bits per heavy atom. The Morgan fingerprint density at radius 3 is 2.62 bits per heavy atom. The Morgan fingerprint density at radius 2 is 1.90 bits per heavy atom. The number of carbonyl (C=O) groups excluding carboxylic acids is 1. The summed E-state index contributed by atoms with van der Waals surface area (Å²) in [5.74, 6) is 1.31. The number of rotatable bonds is 4. The fourth-order valence-electron chi connectivity index (χ4n) is 7.73. The minimum Gasteiger partial charge on any atom is -0.460 e. The van der Waals surface area contributed by atoms with Gasteiger partial charge in [0, 0.05) is 13.1 Å². The van der Waals surface area contributed by atoms with Crippen molar-refractivity contribution >= 4 is 34.4 Å². The minimum absolute atomic E-state index is 0.00398. The molecule has 4 aromatic heterocycles. The molecule has 0 aliphatic heterocycles. The van der Waals surface area contributed by atoms with Crippen LogP contribution in [0.4, 0.5) is 11.6 Å². The molecule has 4 heterocycles. The maximum absolute atomic E-state index is 13.7. The monoisotopic (exact) mass is 530 g/mol. The molecule has 11 nitrogen and oxygen atoms in total. The summed E-state index contributed by atoms with van der Waals surface area (Å²) in [5, 5.41) is 7.54. The Bertz CT molecular complexity index is 1680. The standard InChI is InChI=1S/C28H34N8O3/c1-15-6-21-30-14-31-35(21)13-19(15)32-25-29-12-20-23(33-25)36(26(38)34(20)5)22-17-7-16-8-18(22)11-28(9-16,10-17)24(37)39-27(2,3)4/h6,12-14,16-18,22H,7-11H2,1-5H3,(H,29,32,33). The fraction of sp³-hybridized carbons (Fsp3) is 0.571. The third-order valence-corrected chi connectivity index (χ3v) is 9.06. The normalized spacial score (nSPS) is 27.9. The molecular formula is C28H34N8O3. The molecule has 0 spiro atoms.